The van der Waals surface area contributed by atoms with Crippen molar-refractivity contribution in [2.24, 2.45) is 23.2 Å². The zero-order valence-corrected chi connectivity index (χ0v) is 19.5. The molecule has 29 heavy (non-hydrogen) atoms. The minimum Gasteiger partial charge on any atom is -0.0998 e. The van der Waals surface area contributed by atoms with E-state index < -0.39 is 0 Å². The molecule has 2 unspecified atom stereocenters. The van der Waals surface area contributed by atoms with Gasteiger partial charge in [0, 0.05) is 0 Å². The van der Waals surface area contributed by atoms with Crippen LogP contribution in [0, 0.1) is 23.2 Å². The second kappa shape index (κ2) is 8.99. The average Bonchev–Trinajstić information content (AvgIpc) is 3.30. The van der Waals surface area contributed by atoms with Crippen molar-refractivity contribution in [1.29, 1.82) is 0 Å². The van der Waals surface area contributed by atoms with E-state index in [1.165, 1.54) is 95.5 Å². The molecule has 0 saturated heterocycles. The summed E-state index contributed by atoms with van der Waals surface area (Å²) < 4.78 is 0. The van der Waals surface area contributed by atoms with E-state index in [1.807, 2.05) is 5.57 Å². The van der Waals surface area contributed by atoms with Crippen molar-refractivity contribution >= 4 is 0 Å². The van der Waals surface area contributed by atoms with Gasteiger partial charge in [0.1, 0.15) is 0 Å². The van der Waals surface area contributed by atoms with Crippen LogP contribution in [0.2, 0.25) is 0 Å². The van der Waals surface area contributed by atoms with Gasteiger partial charge in [-0.3, -0.25) is 0 Å². The van der Waals surface area contributed by atoms with E-state index in [-0.39, 0.29) is 0 Å². The van der Waals surface area contributed by atoms with Crippen LogP contribution in [-0.4, -0.2) is 0 Å². The number of hydrogen-bond acceptors (Lipinski definition) is 0. The molecule has 4 rings (SSSR count). The molecule has 0 aromatic heterocycles. The van der Waals surface area contributed by atoms with E-state index in [4.69, 9.17) is 0 Å². The molecule has 2 atom stereocenters. The Morgan fingerprint density at radius 2 is 1.93 bits per heavy atom. The van der Waals surface area contributed by atoms with Gasteiger partial charge in [-0.05, 0) is 118 Å². The second-order valence-corrected chi connectivity index (χ2v) is 11.7. The van der Waals surface area contributed by atoms with Crippen molar-refractivity contribution in [1.82, 2.24) is 0 Å². The fourth-order valence-electron chi connectivity index (χ4n) is 6.96. The van der Waals surface area contributed by atoms with Gasteiger partial charge in [-0.2, -0.15) is 0 Å². The third-order valence-corrected chi connectivity index (χ3v) is 8.37. The molecule has 0 aliphatic heterocycles. The molecule has 0 heteroatoms. The molecule has 0 N–H and O–H groups in total. The van der Waals surface area contributed by atoms with Crippen LogP contribution >= 0.6 is 0 Å². The lowest BCUT2D eigenvalue weighted by Gasteiger charge is -2.38. The third kappa shape index (κ3) is 5.36. The summed E-state index contributed by atoms with van der Waals surface area (Å²) in [5.74, 6) is 2.61. The van der Waals surface area contributed by atoms with Crippen molar-refractivity contribution in [3.8, 4) is 0 Å². The summed E-state index contributed by atoms with van der Waals surface area (Å²) in [7, 11) is 0. The van der Waals surface area contributed by atoms with Crippen LogP contribution in [0.3, 0.4) is 0 Å². The molecule has 0 spiro atoms. The van der Waals surface area contributed by atoms with E-state index >= 15 is 0 Å². The maximum Gasteiger partial charge on any atom is -0.0203 e. The summed E-state index contributed by atoms with van der Waals surface area (Å²) in [6.45, 7) is 11.6. The fraction of sp³-hybridized carbons (Fsp3) is 0.724. The Kier molecular flexibility index (Phi) is 6.57. The van der Waals surface area contributed by atoms with Gasteiger partial charge in [0.05, 0.1) is 0 Å². The molecule has 4 aliphatic rings. The largest absolute Gasteiger partial charge is 0.0998 e. The summed E-state index contributed by atoms with van der Waals surface area (Å²) in [6, 6.07) is 0. The van der Waals surface area contributed by atoms with Crippen molar-refractivity contribution in [3.63, 3.8) is 0 Å². The number of hydrogen-bond donors (Lipinski definition) is 0. The standard InChI is InChI=1S/C29H44/c1-21-16-24(20-29(3,4)19-21)18-27(28-15-12-22(28)2)11-7-8-23-13-14-26(17-23)25-9-5-6-10-25/h11,17,23-25H,1,5-10,12-16,18-20H2,2-4H3/b27-11-. The first-order valence-electron chi connectivity index (χ1n) is 12.6. The first-order valence-corrected chi connectivity index (χ1v) is 12.6. The molecule has 2 saturated carbocycles. The quantitative estimate of drug-likeness (QED) is 0.379. The summed E-state index contributed by atoms with van der Waals surface area (Å²) in [5.41, 5.74) is 8.85. The van der Waals surface area contributed by atoms with E-state index in [1.54, 1.807) is 16.7 Å². The summed E-state index contributed by atoms with van der Waals surface area (Å²) in [5, 5.41) is 0. The van der Waals surface area contributed by atoms with E-state index in [0.717, 1.165) is 17.8 Å². The SMILES string of the molecule is C=C1CC(C/C(=C/CCC2C=C(C3CCCC3)CC2)C2=C(C)CC2)CC(C)(C)C1. The number of allylic oxidation sites excluding steroid dienone is 7. The van der Waals surface area contributed by atoms with E-state index in [0.29, 0.717) is 5.41 Å². The molecule has 0 amide bonds. The Labute approximate surface area is 180 Å². The zero-order chi connectivity index (χ0) is 20.4. The minimum atomic E-state index is 0.444. The van der Waals surface area contributed by atoms with Crippen LogP contribution in [0.5, 0.6) is 0 Å². The highest BCUT2D eigenvalue weighted by molar-refractivity contribution is 5.41. The van der Waals surface area contributed by atoms with E-state index in [2.05, 4.69) is 39.5 Å². The predicted octanol–water partition coefficient (Wildman–Crippen LogP) is 9.10. The topological polar surface area (TPSA) is 0 Å². The summed E-state index contributed by atoms with van der Waals surface area (Å²) in [6.07, 6.45) is 24.5. The van der Waals surface area contributed by atoms with Crippen LogP contribution in [0.25, 0.3) is 0 Å². The molecule has 160 valence electrons. The van der Waals surface area contributed by atoms with Crippen LogP contribution in [0.1, 0.15) is 111 Å². The molecular formula is C29H44. The molecule has 2 fully saturated rings. The Hall–Kier alpha value is -1.04. The first-order chi connectivity index (χ1) is 13.9. The number of rotatable bonds is 7. The molecule has 4 aliphatic carbocycles. The average molecular weight is 393 g/mol. The van der Waals surface area contributed by atoms with Crippen molar-refractivity contribution < 1.29 is 0 Å². The third-order valence-electron chi connectivity index (χ3n) is 8.37. The van der Waals surface area contributed by atoms with Gasteiger partial charge in [-0.1, -0.05) is 62.1 Å². The van der Waals surface area contributed by atoms with Crippen molar-refractivity contribution in [2.75, 3.05) is 0 Å². The first kappa shape index (κ1) is 21.2. The van der Waals surface area contributed by atoms with Crippen molar-refractivity contribution in [3.05, 3.63) is 46.6 Å². The van der Waals surface area contributed by atoms with Crippen LogP contribution in [0.4, 0.5) is 0 Å². The highest BCUT2D eigenvalue weighted by Crippen LogP contribution is 2.46. The highest BCUT2D eigenvalue weighted by atomic mass is 14.4. The monoisotopic (exact) mass is 392 g/mol. The fourth-order valence-corrected chi connectivity index (χ4v) is 6.96. The molecule has 0 radical (unpaired) electrons. The molecule has 0 aromatic carbocycles. The Morgan fingerprint density at radius 1 is 1.14 bits per heavy atom. The predicted molar refractivity (Wildman–Crippen MR) is 127 cm³/mol. The van der Waals surface area contributed by atoms with Crippen LogP contribution in [-0.2, 0) is 0 Å². The lowest BCUT2D eigenvalue weighted by molar-refractivity contribution is 0.222. The molecule has 0 heterocycles. The minimum absolute atomic E-state index is 0.444. The zero-order valence-electron chi connectivity index (χ0n) is 19.5. The van der Waals surface area contributed by atoms with Gasteiger partial charge >= 0.3 is 0 Å². The van der Waals surface area contributed by atoms with Gasteiger partial charge in [0.15, 0.2) is 0 Å². The van der Waals surface area contributed by atoms with Crippen molar-refractivity contribution in [2.45, 2.75) is 111 Å². The maximum atomic E-state index is 4.38. The Bertz CT molecular complexity index is 704. The van der Waals surface area contributed by atoms with E-state index in [9.17, 15) is 0 Å². The smallest absolute Gasteiger partial charge is 0.0203 e. The lowest BCUT2D eigenvalue weighted by atomic mass is 9.67. The van der Waals surface area contributed by atoms with Gasteiger partial charge in [0.2, 0.25) is 0 Å². The summed E-state index contributed by atoms with van der Waals surface area (Å²) in [4.78, 5) is 0. The van der Waals surface area contributed by atoms with Gasteiger partial charge in [-0.25, -0.2) is 0 Å². The van der Waals surface area contributed by atoms with Gasteiger partial charge in [-0.15, -0.1) is 0 Å². The Balaban J connectivity index is 1.37. The molecule has 0 aromatic rings. The van der Waals surface area contributed by atoms with Crippen LogP contribution in [0.15, 0.2) is 46.6 Å². The van der Waals surface area contributed by atoms with Crippen LogP contribution < -0.4 is 0 Å². The molecular weight excluding hydrogens is 348 g/mol. The second-order valence-electron chi connectivity index (χ2n) is 11.7. The van der Waals surface area contributed by atoms with Gasteiger partial charge < -0.3 is 0 Å². The van der Waals surface area contributed by atoms with Gasteiger partial charge in [0.25, 0.3) is 0 Å². The maximum absolute atomic E-state index is 4.38. The lowest BCUT2D eigenvalue weighted by Crippen LogP contribution is -2.24. The highest BCUT2D eigenvalue weighted by Gasteiger charge is 2.31. The Morgan fingerprint density at radius 3 is 2.59 bits per heavy atom. The normalized spacial score (nSPS) is 30.7. The summed E-state index contributed by atoms with van der Waals surface area (Å²) >= 11 is 0. The molecule has 0 bridgehead atoms. The molecule has 0 nitrogen and oxygen atoms in total.